The number of aryl methyl sites for hydroxylation is 1. The fourth-order valence-corrected chi connectivity index (χ4v) is 5.32. The molecule has 34 heavy (non-hydrogen) atoms. The SMILES string of the molecule is CNC1CC(c2c(O)c3c(c4c(O)cc(C)cc24)C(=O)c2cccc(O)c2C3=O)OC(C)C1O. The van der Waals surface area contributed by atoms with E-state index in [1.807, 2.05) is 0 Å². The Labute approximate surface area is 195 Å². The molecule has 0 saturated carbocycles. The minimum absolute atomic E-state index is 0.00633. The Morgan fingerprint density at radius 2 is 1.74 bits per heavy atom. The fourth-order valence-electron chi connectivity index (χ4n) is 5.32. The van der Waals surface area contributed by atoms with E-state index in [2.05, 4.69) is 5.32 Å². The molecule has 8 nitrogen and oxygen atoms in total. The normalized spacial score (nSPS) is 24.2. The van der Waals surface area contributed by atoms with Gasteiger partial charge in [-0.25, -0.2) is 0 Å². The molecule has 0 amide bonds. The zero-order valence-electron chi connectivity index (χ0n) is 18.9. The molecule has 1 heterocycles. The maximum Gasteiger partial charge on any atom is 0.202 e. The molecule has 0 aromatic heterocycles. The lowest BCUT2D eigenvalue weighted by Crippen LogP contribution is -2.50. The van der Waals surface area contributed by atoms with Crippen molar-refractivity contribution in [3.05, 3.63) is 63.7 Å². The Bertz CT molecular complexity index is 1380. The summed E-state index contributed by atoms with van der Waals surface area (Å²) in [5, 5.41) is 46.8. The van der Waals surface area contributed by atoms with Gasteiger partial charge in [0.2, 0.25) is 5.78 Å². The van der Waals surface area contributed by atoms with Crippen LogP contribution in [-0.2, 0) is 4.74 Å². The predicted molar refractivity (Wildman–Crippen MR) is 124 cm³/mol. The predicted octanol–water partition coefficient (Wildman–Crippen LogP) is 2.84. The number of phenols is 3. The number of aromatic hydroxyl groups is 3. The molecule has 2 aliphatic rings. The lowest BCUT2D eigenvalue weighted by Gasteiger charge is -2.39. The largest absolute Gasteiger partial charge is 0.507 e. The Morgan fingerprint density at radius 3 is 2.44 bits per heavy atom. The van der Waals surface area contributed by atoms with E-state index in [9.17, 15) is 30.0 Å². The van der Waals surface area contributed by atoms with Crippen LogP contribution in [0.4, 0.5) is 0 Å². The molecule has 1 aliphatic heterocycles. The molecule has 0 spiro atoms. The lowest BCUT2D eigenvalue weighted by molar-refractivity contribution is -0.124. The molecule has 176 valence electrons. The summed E-state index contributed by atoms with van der Waals surface area (Å²) >= 11 is 0. The number of benzene rings is 3. The van der Waals surface area contributed by atoms with Crippen LogP contribution < -0.4 is 5.32 Å². The van der Waals surface area contributed by atoms with Crippen molar-refractivity contribution in [1.82, 2.24) is 5.32 Å². The van der Waals surface area contributed by atoms with Crippen molar-refractivity contribution >= 4 is 22.3 Å². The summed E-state index contributed by atoms with van der Waals surface area (Å²) in [4.78, 5) is 27.1. The quantitative estimate of drug-likeness (QED) is 0.306. The highest BCUT2D eigenvalue weighted by atomic mass is 16.5. The molecule has 0 radical (unpaired) electrons. The second-order valence-electron chi connectivity index (χ2n) is 9.03. The zero-order chi connectivity index (χ0) is 24.5. The molecular weight excluding hydrogens is 438 g/mol. The van der Waals surface area contributed by atoms with E-state index >= 15 is 0 Å². The number of likely N-dealkylation sites (N-methyl/N-ethyl adjacent to an activating group) is 1. The number of carbonyl (C=O) groups is 2. The molecule has 5 N–H and O–H groups in total. The van der Waals surface area contributed by atoms with Gasteiger partial charge in [-0.15, -0.1) is 0 Å². The van der Waals surface area contributed by atoms with Crippen molar-refractivity contribution in [2.45, 2.75) is 44.6 Å². The van der Waals surface area contributed by atoms with E-state index in [4.69, 9.17) is 4.74 Å². The van der Waals surface area contributed by atoms with Gasteiger partial charge in [-0.3, -0.25) is 9.59 Å². The van der Waals surface area contributed by atoms with Crippen molar-refractivity contribution in [3.8, 4) is 17.2 Å². The standard InChI is InChI=1S/C26H25NO7/c1-10-7-13-18(16(29)8-10)21-22(25(32)19-12(24(21)31)5-4-6-15(19)28)26(33)20(13)17-9-14(27-3)23(30)11(2)34-17/h4-8,11,14,17,23,27-30,33H,9H2,1-3H3. The second kappa shape index (κ2) is 7.80. The average molecular weight is 463 g/mol. The molecule has 4 unspecified atom stereocenters. The first kappa shape index (κ1) is 22.3. The maximum absolute atomic E-state index is 13.5. The van der Waals surface area contributed by atoms with E-state index in [0.29, 0.717) is 10.9 Å². The van der Waals surface area contributed by atoms with Gasteiger partial charge in [0.05, 0.1) is 29.4 Å². The van der Waals surface area contributed by atoms with Crippen LogP contribution >= 0.6 is 0 Å². The summed E-state index contributed by atoms with van der Waals surface area (Å²) in [5.41, 5.74) is 0.384. The molecule has 3 aromatic carbocycles. The van der Waals surface area contributed by atoms with Crippen molar-refractivity contribution < 1.29 is 34.8 Å². The third-order valence-electron chi connectivity index (χ3n) is 6.95. The number of aliphatic hydroxyl groups is 1. The van der Waals surface area contributed by atoms with Crippen LogP contribution in [0, 0.1) is 6.92 Å². The van der Waals surface area contributed by atoms with Crippen LogP contribution in [0.3, 0.4) is 0 Å². The number of hydrogen-bond acceptors (Lipinski definition) is 8. The van der Waals surface area contributed by atoms with Crippen LogP contribution in [0.25, 0.3) is 10.8 Å². The number of hydrogen-bond donors (Lipinski definition) is 5. The van der Waals surface area contributed by atoms with Crippen LogP contribution in [0.2, 0.25) is 0 Å². The molecular formula is C26H25NO7. The van der Waals surface area contributed by atoms with E-state index < -0.39 is 35.6 Å². The van der Waals surface area contributed by atoms with Crippen molar-refractivity contribution in [3.63, 3.8) is 0 Å². The average Bonchev–Trinajstić information content (AvgIpc) is 2.78. The second-order valence-corrected chi connectivity index (χ2v) is 9.03. The first-order valence-corrected chi connectivity index (χ1v) is 11.1. The van der Waals surface area contributed by atoms with Gasteiger partial charge >= 0.3 is 0 Å². The van der Waals surface area contributed by atoms with Crippen molar-refractivity contribution in [1.29, 1.82) is 0 Å². The van der Waals surface area contributed by atoms with E-state index in [-0.39, 0.29) is 57.2 Å². The Hall–Kier alpha value is -3.46. The molecule has 1 aliphatic carbocycles. The number of rotatable bonds is 2. The fraction of sp³-hybridized carbons (Fsp3) is 0.308. The molecule has 1 fully saturated rings. The molecule has 0 bridgehead atoms. The highest BCUT2D eigenvalue weighted by Crippen LogP contribution is 2.49. The van der Waals surface area contributed by atoms with Crippen LogP contribution in [0.1, 0.15) is 62.4 Å². The van der Waals surface area contributed by atoms with E-state index in [1.165, 1.54) is 24.3 Å². The zero-order valence-corrected chi connectivity index (χ0v) is 18.9. The third kappa shape index (κ3) is 3.03. The number of ether oxygens (including phenoxy) is 1. The number of aliphatic hydroxyl groups excluding tert-OH is 1. The topological polar surface area (TPSA) is 136 Å². The number of carbonyl (C=O) groups excluding carboxylic acids is 2. The van der Waals surface area contributed by atoms with Gasteiger partial charge in [-0.2, -0.15) is 0 Å². The van der Waals surface area contributed by atoms with Crippen molar-refractivity contribution in [2.75, 3.05) is 7.05 Å². The number of nitrogens with one attached hydrogen (secondary N) is 1. The first-order valence-electron chi connectivity index (χ1n) is 11.1. The van der Waals surface area contributed by atoms with Gasteiger partial charge in [-0.05, 0) is 50.4 Å². The van der Waals surface area contributed by atoms with Gasteiger partial charge in [0, 0.05) is 28.1 Å². The Morgan fingerprint density at radius 1 is 1.00 bits per heavy atom. The summed E-state index contributed by atoms with van der Waals surface area (Å²) in [5.74, 6) is -2.28. The van der Waals surface area contributed by atoms with Gasteiger partial charge in [0.25, 0.3) is 0 Å². The van der Waals surface area contributed by atoms with E-state index in [1.54, 1.807) is 27.0 Å². The van der Waals surface area contributed by atoms with Crippen molar-refractivity contribution in [2.24, 2.45) is 0 Å². The third-order valence-corrected chi connectivity index (χ3v) is 6.95. The van der Waals surface area contributed by atoms with Crippen LogP contribution in [0.15, 0.2) is 30.3 Å². The summed E-state index contributed by atoms with van der Waals surface area (Å²) < 4.78 is 6.05. The maximum atomic E-state index is 13.5. The van der Waals surface area contributed by atoms with Crippen LogP contribution in [0.5, 0.6) is 17.2 Å². The monoisotopic (exact) mass is 463 g/mol. The lowest BCUT2D eigenvalue weighted by atomic mass is 9.77. The van der Waals surface area contributed by atoms with Gasteiger partial charge in [0.15, 0.2) is 5.78 Å². The summed E-state index contributed by atoms with van der Waals surface area (Å²) in [6.07, 6.45) is -1.82. The summed E-state index contributed by atoms with van der Waals surface area (Å²) in [6, 6.07) is 7.08. The van der Waals surface area contributed by atoms with Gasteiger partial charge < -0.3 is 30.5 Å². The Kier molecular flexibility index (Phi) is 5.12. The minimum atomic E-state index is -0.783. The molecule has 3 aromatic rings. The molecule has 1 saturated heterocycles. The number of phenolic OH excluding ortho intramolecular Hbond substituents is 3. The molecule has 4 atom stereocenters. The molecule has 8 heteroatoms. The van der Waals surface area contributed by atoms with Gasteiger partial charge in [0.1, 0.15) is 17.2 Å². The number of ketones is 2. The minimum Gasteiger partial charge on any atom is -0.507 e. The highest BCUT2D eigenvalue weighted by molar-refractivity contribution is 6.34. The van der Waals surface area contributed by atoms with Crippen LogP contribution in [-0.4, -0.2) is 57.3 Å². The molecule has 5 rings (SSSR count). The first-order chi connectivity index (χ1) is 16.1. The summed E-state index contributed by atoms with van der Waals surface area (Å²) in [7, 11) is 1.71. The summed E-state index contributed by atoms with van der Waals surface area (Å²) in [6.45, 7) is 3.48. The smallest absolute Gasteiger partial charge is 0.202 e. The van der Waals surface area contributed by atoms with Gasteiger partial charge in [-0.1, -0.05) is 18.2 Å². The highest BCUT2D eigenvalue weighted by Gasteiger charge is 2.42. The van der Waals surface area contributed by atoms with E-state index in [0.717, 1.165) is 0 Å². The Balaban J connectivity index is 1.86. The number of fused-ring (bicyclic) bond motifs is 4.